The van der Waals surface area contributed by atoms with Crippen LogP contribution in [0.15, 0.2) is 59.5 Å². The number of para-hydroxylation sites is 1. The topological polar surface area (TPSA) is 63.7 Å². The van der Waals surface area contributed by atoms with Crippen LogP contribution in [0.25, 0.3) is 0 Å². The van der Waals surface area contributed by atoms with Gasteiger partial charge in [-0.3, -0.25) is 0 Å². The monoisotopic (exact) mass is 345 g/mol. The summed E-state index contributed by atoms with van der Waals surface area (Å²) in [6.45, 7) is 1.06. The minimum absolute atomic E-state index is 0.131. The fourth-order valence-electron chi connectivity index (χ4n) is 2.69. The number of ether oxygens (including phenoxy) is 1. The Kier molecular flexibility index (Phi) is 4.97. The molecule has 0 aliphatic carbocycles. The number of hydrogen-bond donors (Lipinski definition) is 0. The Labute approximate surface area is 141 Å². The first-order valence-corrected chi connectivity index (χ1v) is 9.39. The van der Waals surface area contributed by atoms with Crippen LogP contribution in [0, 0.1) is 0 Å². The molecule has 0 unspecified atom stereocenters. The van der Waals surface area contributed by atoms with E-state index in [1.54, 1.807) is 36.4 Å². The highest BCUT2D eigenvalue weighted by Gasteiger charge is 2.26. The molecular weight excluding hydrogens is 326 g/mol. The highest BCUT2D eigenvalue weighted by Crippen LogP contribution is 2.22. The van der Waals surface area contributed by atoms with Gasteiger partial charge in [-0.05, 0) is 43.2 Å². The van der Waals surface area contributed by atoms with Gasteiger partial charge in [-0.2, -0.15) is 4.31 Å². The van der Waals surface area contributed by atoms with Crippen LogP contribution in [0.4, 0.5) is 0 Å². The molecule has 0 bridgehead atoms. The molecule has 2 aromatic carbocycles. The average Bonchev–Trinajstić information content (AvgIpc) is 2.63. The maximum Gasteiger partial charge on any atom is 0.343 e. The van der Waals surface area contributed by atoms with Crippen molar-refractivity contribution in [1.29, 1.82) is 0 Å². The summed E-state index contributed by atoms with van der Waals surface area (Å²) in [6, 6.07) is 14.7. The van der Waals surface area contributed by atoms with Crippen LogP contribution in [-0.4, -0.2) is 31.8 Å². The van der Waals surface area contributed by atoms with E-state index in [-0.39, 0.29) is 10.5 Å². The van der Waals surface area contributed by atoms with Crippen molar-refractivity contribution < 1.29 is 17.9 Å². The summed E-state index contributed by atoms with van der Waals surface area (Å²) in [5, 5.41) is 0. The van der Waals surface area contributed by atoms with Gasteiger partial charge in [0.05, 0.1) is 10.5 Å². The van der Waals surface area contributed by atoms with Crippen molar-refractivity contribution in [2.24, 2.45) is 0 Å². The SMILES string of the molecule is O=C(Oc1ccccc1)c1cccc(S(=O)(=O)N2CCCCC2)c1. The summed E-state index contributed by atoms with van der Waals surface area (Å²) in [4.78, 5) is 12.4. The number of rotatable bonds is 4. The van der Waals surface area contributed by atoms with Crippen molar-refractivity contribution >= 4 is 16.0 Å². The van der Waals surface area contributed by atoms with E-state index in [1.807, 2.05) is 6.07 Å². The van der Waals surface area contributed by atoms with E-state index in [9.17, 15) is 13.2 Å². The average molecular weight is 345 g/mol. The number of nitrogens with zero attached hydrogens (tertiary/aromatic N) is 1. The normalized spacial score (nSPS) is 15.8. The Balaban J connectivity index is 1.82. The number of esters is 1. The molecule has 1 saturated heterocycles. The first-order chi connectivity index (χ1) is 11.6. The highest BCUT2D eigenvalue weighted by molar-refractivity contribution is 7.89. The molecule has 0 N–H and O–H groups in total. The van der Waals surface area contributed by atoms with E-state index in [1.165, 1.54) is 16.4 Å². The van der Waals surface area contributed by atoms with Crippen molar-refractivity contribution in [1.82, 2.24) is 4.31 Å². The molecule has 24 heavy (non-hydrogen) atoms. The maximum absolute atomic E-state index is 12.7. The summed E-state index contributed by atoms with van der Waals surface area (Å²) in [5.74, 6) is -0.149. The van der Waals surface area contributed by atoms with E-state index < -0.39 is 16.0 Å². The predicted octanol–water partition coefficient (Wildman–Crippen LogP) is 3.08. The first-order valence-electron chi connectivity index (χ1n) is 7.95. The smallest absolute Gasteiger partial charge is 0.343 e. The van der Waals surface area contributed by atoms with Crippen molar-refractivity contribution in [3.63, 3.8) is 0 Å². The van der Waals surface area contributed by atoms with Crippen molar-refractivity contribution in [3.8, 4) is 5.75 Å². The van der Waals surface area contributed by atoms with Gasteiger partial charge in [-0.1, -0.05) is 30.7 Å². The van der Waals surface area contributed by atoms with E-state index >= 15 is 0 Å². The summed E-state index contributed by atoms with van der Waals surface area (Å²) < 4.78 is 32.1. The predicted molar refractivity (Wildman–Crippen MR) is 90.5 cm³/mol. The highest BCUT2D eigenvalue weighted by atomic mass is 32.2. The molecule has 2 aromatic rings. The molecule has 1 fully saturated rings. The van der Waals surface area contributed by atoms with Crippen LogP contribution < -0.4 is 4.74 Å². The number of carbonyl (C=O) groups excluding carboxylic acids is 1. The molecule has 3 rings (SSSR count). The lowest BCUT2D eigenvalue weighted by molar-refractivity contribution is 0.0734. The number of carbonyl (C=O) groups is 1. The number of hydrogen-bond acceptors (Lipinski definition) is 4. The van der Waals surface area contributed by atoms with Crippen LogP contribution >= 0.6 is 0 Å². The fourth-order valence-corrected chi connectivity index (χ4v) is 4.26. The molecule has 0 aromatic heterocycles. The summed E-state index contributed by atoms with van der Waals surface area (Å²) >= 11 is 0. The van der Waals surface area contributed by atoms with Crippen LogP contribution in [-0.2, 0) is 10.0 Å². The van der Waals surface area contributed by atoms with Crippen molar-refractivity contribution in [2.45, 2.75) is 24.2 Å². The van der Waals surface area contributed by atoms with Gasteiger partial charge in [0, 0.05) is 13.1 Å². The Morgan fingerprint density at radius 2 is 1.62 bits per heavy atom. The molecule has 6 heteroatoms. The molecule has 126 valence electrons. The number of benzene rings is 2. The van der Waals surface area contributed by atoms with E-state index in [4.69, 9.17) is 4.74 Å². The molecule has 1 aliphatic heterocycles. The molecule has 1 heterocycles. The Hall–Kier alpha value is -2.18. The Bertz CT molecular complexity index is 812. The fraction of sp³-hybridized carbons (Fsp3) is 0.278. The van der Waals surface area contributed by atoms with Gasteiger partial charge in [0.15, 0.2) is 0 Å². The zero-order chi connectivity index (χ0) is 17.0. The molecule has 0 spiro atoms. The molecule has 1 aliphatic rings. The molecule has 0 radical (unpaired) electrons. The van der Waals surface area contributed by atoms with Crippen LogP contribution in [0.5, 0.6) is 5.75 Å². The minimum Gasteiger partial charge on any atom is -0.423 e. The summed E-state index contributed by atoms with van der Waals surface area (Å²) in [7, 11) is -3.57. The third-order valence-electron chi connectivity index (χ3n) is 3.98. The van der Waals surface area contributed by atoms with Gasteiger partial charge < -0.3 is 4.74 Å². The van der Waals surface area contributed by atoms with E-state index in [0.717, 1.165) is 19.3 Å². The number of piperidine rings is 1. The second-order valence-electron chi connectivity index (χ2n) is 5.70. The molecule has 0 atom stereocenters. The first kappa shape index (κ1) is 16.7. The van der Waals surface area contributed by atoms with Gasteiger partial charge in [-0.15, -0.1) is 0 Å². The Morgan fingerprint density at radius 1 is 0.917 bits per heavy atom. The molecular formula is C18H19NO4S. The van der Waals surface area contributed by atoms with Crippen molar-refractivity contribution in [2.75, 3.05) is 13.1 Å². The lowest BCUT2D eigenvalue weighted by Crippen LogP contribution is -2.35. The van der Waals surface area contributed by atoms with Gasteiger partial charge in [-0.25, -0.2) is 13.2 Å². The summed E-state index contributed by atoms with van der Waals surface area (Å²) in [5.41, 5.74) is 0.219. The van der Waals surface area contributed by atoms with Crippen LogP contribution in [0.2, 0.25) is 0 Å². The van der Waals surface area contributed by atoms with Gasteiger partial charge in [0.25, 0.3) is 0 Å². The van der Waals surface area contributed by atoms with Gasteiger partial charge in [0.2, 0.25) is 10.0 Å². The second kappa shape index (κ2) is 7.15. The second-order valence-corrected chi connectivity index (χ2v) is 7.63. The zero-order valence-corrected chi connectivity index (χ0v) is 14.0. The number of sulfonamides is 1. The van der Waals surface area contributed by atoms with Gasteiger partial charge in [0.1, 0.15) is 5.75 Å². The maximum atomic E-state index is 12.7. The minimum atomic E-state index is -3.57. The third-order valence-corrected chi connectivity index (χ3v) is 5.87. The Morgan fingerprint density at radius 3 is 2.33 bits per heavy atom. The van der Waals surface area contributed by atoms with E-state index in [2.05, 4.69) is 0 Å². The lowest BCUT2D eigenvalue weighted by atomic mass is 10.2. The molecule has 5 nitrogen and oxygen atoms in total. The molecule has 0 amide bonds. The summed E-state index contributed by atoms with van der Waals surface area (Å²) in [6.07, 6.45) is 2.79. The van der Waals surface area contributed by atoms with Crippen molar-refractivity contribution in [3.05, 3.63) is 60.2 Å². The van der Waals surface area contributed by atoms with E-state index in [0.29, 0.717) is 18.8 Å². The van der Waals surface area contributed by atoms with Crippen LogP contribution in [0.3, 0.4) is 0 Å². The van der Waals surface area contributed by atoms with Crippen LogP contribution in [0.1, 0.15) is 29.6 Å². The third kappa shape index (κ3) is 3.66. The lowest BCUT2D eigenvalue weighted by Gasteiger charge is -2.25. The standard InChI is InChI=1S/C18H19NO4S/c20-18(23-16-9-3-1-4-10-16)15-8-7-11-17(14-15)24(21,22)19-12-5-2-6-13-19/h1,3-4,7-11,14H,2,5-6,12-13H2. The largest absolute Gasteiger partial charge is 0.423 e. The van der Waals surface area contributed by atoms with Gasteiger partial charge >= 0.3 is 5.97 Å². The zero-order valence-electron chi connectivity index (χ0n) is 13.2. The quantitative estimate of drug-likeness (QED) is 0.631. The molecule has 0 saturated carbocycles.